The normalized spacial score (nSPS) is 28.6. The van der Waals surface area contributed by atoms with E-state index in [2.05, 4.69) is 17.3 Å². The molecule has 2 saturated heterocycles. The van der Waals surface area contributed by atoms with Gasteiger partial charge in [0.1, 0.15) is 11.5 Å². The van der Waals surface area contributed by atoms with Gasteiger partial charge in [-0.15, -0.1) is 0 Å². The first-order valence-electron chi connectivity index (χ1n) is 7.07. The quantitative estimate of drug-likeness (QED) is 0.688. The van der Waals surface area contributed by atoms with E-state index in [1.165, 1.54) is 0 Å². The van der Waals surface area contributed by atoms with Gasteiger partial charge in [0.15, 0.2) is 5.82 Å². The summed E-state index contributed by atoms with van der Waals surface area (Å²) >= 11 is 0. The molecule has 1 aromatic rings. The molecule has 0 radical (unpaired) electrons. The first-order valence-corrected chi connectivity index (χ1v) is 7.07. The molecule has 0 amide bonds. The molecule has 2 aliphatic heterocycles. The van der Waals surface area contributed by atoms with Crippen molar-refractivity contribution in [2.45, 2.75) is 43.8 Å². The number of nitrogens with one attached hydrogen (secondary N) is 1. The van der Waals surface area contributed by atoms with Crippen LogP contribution in [0.3, 0.4) is 0 Å². The largest absolute Gasteiger partial charge is 0.374 e. The molecule has 2 aliphatic rings. The maximum atomic E-state index is 13.9. The molecule has 3 rings (SSSR count). The molecule has 2 atom stereocenters. The predicted octanol–water partition coefficient (Wildman–Crippen LogP) is 2.91. The van der Waals surface area contributed by atoms with Crippen LogP contribution in [0.5, 0.6) is 0 Å². The van der Waals surface area contributed by atoms with E-state index in [1.54, 1.807) is 0 Å². The average molecular weight is 297 g/mol. The van der Waals surface area contributed by atoms with Crippen LogP contribution in [-0.2, 0) is 0 Å². The van der Waals surface area contributed by atoms with E-state index in [9.17, 15) is 18.9 Å². The highest BCUT2D eigenvalue weighted by atomic mass is 19.1. The first kappa shape index (κ1) is 14.2. The summed E-state index contributed by atoms with van der Waals surface area (Å²) in [5.74, 6) is -1.85. The summed E-state index contributed by atoms with van der Waals surface area (Å²) in [5, 5.41) is 13.9. The number of nitro benzene ring substituents is 1. The summed E-state index contributed by atoms with van der Waals surface area (Å²) in [4.78, 5) is 12.6. The Morgan fingerprint density at radius 3 is 2.48 bits per heavy atom. The molecule has 2 heterocycles. The number of hydrogen-bond donors (Lipinski definition) is 1. The molecule has 2 bridgehead atoms. The number of piperidine rings is 1. The highest BCUT2D eigenvalue weighted by Gasteiger charge is 2.39. The van der Waals surface area contributed by atoms with E-state index in [-0.39, 0.29) is 11.7 Å². The van der Waals surface area contributed by atoms with Crippen molar-refractivity contribution in [3.8, 4) is 0 Å². The van der Waals surface area contributed by atoms with Crippen LogP contribution in [0.25, 0.3) is 0 Å². The standard InChI is InChI=1S/C14H17F2N3O2/c1-18-10-2-3-11(18)7-9(6-10)17-14-12(16)4-8(15)5-13(14)19(20)21/h4-5,9-11,17H,2-3,6-7H2,1H3. The second-order valence-corrected chi connectivity index (χ2v) is 5.90. The number of hydrogen-bond acceptors (Lipinski definition) is 4. The molecular weight excluding hydrogens is 280 g/mol. The zero-order valence-electron chi connectivity index (χ0n) is 11.7. The summed E-state index contributed by atoms with van der Waals surface area (Å²) < 4.78 is 27.0. The average Bonchev–Trinajstić information content (AvgIpc) is 2.63. The number of nitrogens with zero attached hydrogens (tertiary/aromatic N) is 2. The smallest absolute Gasteiger partial charge is 0.298 e. The van der Waals surface area contributed by atoms with Crippen LogP contribution in [0.15, 0.2) is 12.1 Å². The van der Waals surface area contributed by atoms with Crippen LogP contribution < -0.4 is 5.32 Å². The highest BCUT2D eigenvalue weighted by molar-refractivity contribution is 5.63. The van der Waals surface area contributed by atoms with Crippen LogP contribution in [0, 0.1) is 21.7 Å². The minimum absolute atomic E-state index is 0.0163. The van der Waals surface area contributed by atoms with Crippen molar-refractivity contribution in [1.29, 1.82) is 0 Å². The van der Waals surface area contributed by atoms with Gasteiger partial charge in [-0.1, -0.05) is 0 Å². The number of anilines is 1. The zero-order chi connectivity index (χ0) is 15.1. The van der Waals surface area contributed by atoms with Crippen LogP contribution in [0.1, 0.15) is 25.7 Å². The molecule has 2 unspecified atom stereocenters. The van der Waals surface area contributed by atoms with Crippen molar-refractivity contribution in [1.82, 2.24) is 4.90 Å². The van der Waals surface area contributed by atoms with E-state index in [0.717, 1.165) is 31.7 Å². The number of rotatable bonds is 3. The van der Waals surface area contributed by atoms with Crippen molar-refractivity contribution < 1.29 is 13.7 Å². The van der Waals surface area contributed by atoms with E-state index >= 15 is 0 Å². The fourth-order valence-electron chi connectivity index (χ4n) is 3.58. The van der Waals surface area contributed by atoms with Crippen molar-refractivity contribution in [2.24, 2.45) is 0 Å². The summed E-state index contributed by atoms with van der Waals surface area (Å²) in [6.45, 7) is 0. The molecule has 0 aromatic heterocycles. The van der Waals surface area contributed by atoms with Crippen molar-refractivity contribution in [2.75, 3.05) is 12.4 Å². The monoisotopic (exact) mass is 297 g/mol. The number of halogens is 2. The highest BCUT2D eigenvalue weighted by Crippen LogP contribution is 2.37. The molecular formula is C14H17F2N3O2. The lowest BCUT2D eigenvalue weighted by Crippen LogP contribution is -2.44. The predicted molar refractivity (Wildman–Crippen MR) is 74.2 cm³/mol. The number of benzene rings is 1. The van der Waals surface area contributed by atoms with Gasteiger partial charge < -0.3 is 10.2 Å². The maximum Gasteiger partial charge on any atom is 0.298 e. The van der Waals surface area contributed by atoms with Crippen LogP contribution in [-0.4, -0.2) is 35.0 Å². The minimum Gasteiger partial charge on any atom is -0.374 e. The lowest BCUT2D eigenvalue weighted by Gasteiger charge is -2.36. The van der Waals surface area contributed by atoms with Gasteiger partial charge in [0, 0.05) is 24.2 Å². The summed E-state index contributed by atoms with van der Waals surface area (Å²) in [7, 11) is 2.08. The third-order valence-corrected chi connectivity index (χ3v) is 4.68. The Bertz CT molecular complexity index is 568. The molecule has 1 N–H and O–H groups in total. The van der Waals surface area contributed by atoms with E-state index in [1.807, 2.05) is 0 Å². The number of nitro groups is 1. The Hall–Kier alpha value is -1.76. The van der Waals surface area contributed by atoms with Gasteiger partial charge in [-0.05, 0) is 32.7 Å². The minimum atomic E-state index is -0.937. The fraction of sp³-hybridized carbons (Fsp3) is 0.571. The lowest BCUT2D eigenvalue weighted by molar-refractivity contribution is -0.384. The molecule has 0 saturated carbocycles. The summed E-state index contributed by atoms with van der Waals surface area (Å²) in [5.41, 5.74) is -0.742. The Morgan fingerprint density at radius 1 is 1.29 bits per heavy atom. The second-order valence-electron chi connectivity index (χ2n) is 5.90. The molecule has 0 aliphatic carbocycles. The van der Waals surface area contributed by atoms with Crippen molar-refractivity contribution >= 4 is 11.4 Å². The van der Waals surface area contributed by atoms with Gasteiger partial charge in [-0.2, -0.15) is 0 Å². The van der Waals surface area contributed by atoms with Crippen LogP contribution in [0.2, 0.25) is 0 Å². The molecule has 1 aromatic carbocycles. The van der Waals surface area contributed by atoms with Crippen molar-refractivity contribution in [3.63, 3.8) is 0 Å². The second kappa shape index (κ2) is 5.22. The third kappa shape index (κ3) is 2.57. The van der Waals surface area contributed by atoms with E-state index < -0.39 is 22.2 Å². The van der Waals surface area contributed by atoms with Gasteiger partial charge in [0.2, 0.25) is 0 Å². The molecule has 5 nitrogen and oxygen atoms in total. The number of fused-ring (bicyclic) bond motifs is 2. The van der Waals surface area contributed by atoms with Gasteiger partial charge in [-0.3, -0.25) is 10.1 Å². The third-order valence-electron chi connectivity index (χ3n) is 4.68. The van der Waals surface area contributed by atoms with Gasteiger partial charge in [-0.25, -0.2) is 8.78 Å². The Kier molecular flexibility index (Phi) is 3.52. The molecule has 7 heteroatoms. The van der Waals surface area contributed by atoms with E-state index in [0.29, 0.717) is 18.2 Å². The summed E-state index contributed by atoms with van der Waals surface area (Å²) in [6, 6.07) is 2.29. The van der Waals surface area contributed by atoms with Gasteiger partial charge in [0.05, 0.1) is 11.0 Å². The topological polar surface area (TPSA) is 58.4 Å². The van der Waals surface area contributed by atoms with Crippen LogP contribution in [0.4, 0.5) is 20.2 Å². The van der Waals surface area contributed by atoms with Gasteiger partial charge in [0.25, 0.3) is 5.69 Å². The Balaban J connectivity index is 1.84. The lowest BCUT2D eigenvalue weighted by atomic mass is 9.97. The first-order chi connectivity index (χ1) is 9.95. The Morgan fingerprint density at radius 2 is 1.90 bits per heavy atom. The fourth-order valence-corrected chi connectivity index (χ4v) is 3.58. The van der Waals surface area contributed by atoms with Gasteiger partial charge >= 0.3 is 0 Å². The zero-order valence-corrected chi connectivity index (χ0v) is 11.7. The SMILES string of the molecule is CN1C2CCC1CC(Nc1c(F)cc(F)cc1[N+](=O)[O-])C2. The molecule has 2 fully saturated rings. The van der Waals surface area contributed by atoms with Crippen molar-refractivity contribution in [3.05, 3.63) is 33.9 Å². The van der Waals surface area contributed by atoms with Crippen LogP contribution >= 0.6 is 0 Å². The molecule has 21 heavy (non-hydrogen) atoms. The Labute approximate surface area is 121 Å². The summed E-state index contributed by atoms with van der Waals surface area (Å²) in [6.07, 6.45) is 3.85. The molecule has 114 valence electrons. The van der Waals surface area contributed by atoms with E-state index in [4.69, 9.17) is 0 Å². The maximum absolute atomic E-state index is 13.9. The molecule has 0 spiro atoms.